The minimum atomic E-state index is -4.08. The van der Waals surface area contributed by atoms with Gasteiger partial charge in [-0.05, 0) is 61.0 Å². The molecule has 0 atom stereocenters. The molecule has 0 fully saturated rings. The minimum absolute atomic E-state index is 0.0996. The van der Waals surface area contributed by atoms with Crippen molar-refractivity contribution in [1.29, 1.82) is 0 Å². The number of amides is 1. The van der Waals surface area contributed by atoms with Gasteiger partial charge in [-0.15, -0.1) is 0 Å². The Bertz CT molecular complexity index is 1130. The van der Waals surface area contributed by atoms with E-state index < -0.39 is 28.3 Å². The molecule has 0 unspecified atom stereocenters. The highest BCUT2D eigenvalue weighted by Crippen LogP contribution is 2.24. The van der Waals surface area contributed by atoms with Crippen LogP contribution in [0.2, 0.25) is 0 Å². The molecule has 0 aliphatic carbocycles. The number of halogens is 1. The van der Waals surface area contributed by atoms with Crippen molar-refractivity contribution in [2.75, 3.05) is 18.0 Å². The zero-order valence-electron chi connectivity index (χ0n) is 17.2. The molecule has 0 heterocycles. The maximum absolute atomic E-state index is 13.3. The van der Waals surface area contributed by atoms with Gasteiger partial charge in [-0.3, -0.25) is 9.10 Å². The van der Waals surface area contributed by atoms with E-state index in [1.807, 2.05) is 19.1 Å². The van der Waals surface area contributed by atoms with Crippen LogP contribution in [0.15, 0.2) is 77.7 Å². The van der Waals surface area contributed by atoms with Crippen LogP contribution in [0, 0.1) is 12.7 Å². The van der Waals surface area contributed by atoms with E-state index in [1.54, 1.807) is 43.5 Å². The number of carbonyl (C=O) groups excluding carboxylic acids is 1. The second kappa shape index (κ2) is 9.61. The Kier molecular flexibility index (Phi) is 6.91. The van der Waals surface area contributed by atoms with Gasteiger partial charge in [0.05, 0.1) is 17.7 Å². The largest absolute Gasteiger partial charge is 0.497 e. The number of hydrogen-bond acceptors (Lipinski definition) is 4. The van der Waals surface area contributed by atoms with E-state index in [0.29, 0.717) is 11.4 Å². The minimum Gasteiger partial charge on any atom is -0.497 e. The van der Waals surface area contributed by atoms with E-state index in [-0.39, 0.29) is 11.4 Å². The molecule has 0 bridgehead atoms. The van der Waals surface area contributed by atoms with Crippen molar-refractivity contribution in [2.24, 2.45) is 0 Å². The summed E-state index contributed by atoms with van der Waals surface area (Å²) in [4.78, 5) is 12.5. The fourth-order valence-electron chi connectivity index (χ4n) is 2.89. The molecule has 0 saturated heterocycles. The SMILES string of the molecule is COc1ccc(CNC(=O)CN(c2ccc(C)cc2)S(=O)(=O)c2ccc(F)cc2)cc1. The summed E-state index contributed by atoms with van der Waals surface area (Å²) in [5, 5.41) is 2.73. The Morgan fingerprint density at radius 3 is 2.16 bits per heavy atom. The number of sulfonamides is 1. The van der Waals surface area contributed by atoms with Crippen molar-refractivity contribution < 1.29 is 22.3 Å². The lowest BCUT2D eigenvalue weighted by Crippen LogP contribution is -2.40. The summed E-state index contributed by atoms with van der Waals surface area (Å²) >= 11 is 0. The molecule has 3 rings (SSSR count). The number of aryl methyl sites for hydroxylation is 1. The van der Waals surface area contributed by atoms with E-state index in [0.717, 1.165) is 27.6 Å². The number of anilines is 1. The molecule has 3 aromatic carbocycles. The third kappa shape index (κ3) is 5.61. The monoisotopic (exact) mass is 442 g/mol. The molecular formula is C23H23FN2O4S. The van der Waals surface area contributed by atoms with Gasteiger partial charge in [0.1, 0.15) is 18.1 Å². The lowest BCUT2D eigenvalue weighted by Gasteiger charge is -2.24. The molecule has 1 N–H and O–H groups in total. The molecule has 0 saturated carbocycles. The van der Waals surface area contributed by atoms with Crippen LogP contribution in [0.3, 0.4) is 0 Å². The first-order valence-corrected chi connectivity index (χ1v) is 11.0. The summed E-state index contributed by atoms with van der Waals surface area (Å²) < 4.78 is 45.8. The first-order valence-electron chi connectivity index (χ1n) is 9.54. The second-order valence-electron chi connectivity index (χ2n) is 6.93. The van der Waals surface area contributed by atoms with E-state index in [9.17, 15) is 17.6 Å². The molecule has 162 valence electrons. The van der Waals surface area contributed by atoms with Crippen molar-refractivity contribution in [3.8, 4) is 5.75 Å². The second-order valence-corrected chi connectivity index (χ2v) is 8.79. The molecule has 0 aliphatic heterocycles. The Morgan fingerprint density at radius 1 is 0.968 bits per heavy atom. The summed E-state index contributed by atoms with van der Waals surface area (Å²) in [5.41, 5.74) is 2.14. The predicted molar refractivity (Wildman–Crippen MR) is 117 cm³/mol. The molecule has 31 heavy (non-hydrogen) atoms. The molecule has 6 nitrogen and oxygen atoms in total. The van der Waals surface area contributed by atoms with Crippen LogP contribution < -0.4 is 14.4 Å². The number of rotatable bonds is 8. The first-order chi connectivity index (χ1) is 14.8. The number of ether oxygens (including phenoxy) is 1. The van der Waals surface area contributed by atoms with Gasteiger partial charge in [-0.25, -0.2) is 12.8 Å². The lowest BCUT2D eigenvalue weighted by atomic mass is 10.2. The van der Waals surface area contributed by atoms with E-state index in [1.165, 1.54) is 12.1 Å². The van der Waals surface area contributed by atoms with Gasteiger partial charge in [0, 0.05) is 6.54 Å². The van der Waals surface area contributed by atoms with Crippen LogP contribution in [0.5, 0.6) is 5.75 Å². The van der Waals surface area contributed by atoms with Gasteiger partial charge in [0.15, 0.2) is 0 Å². The normalized spacial score (nSPS) is 11.1. The Labute approximate surface area is 181 Å². The van der Waals surface area contributed by atoms with Crippen LogP contribution in [0.25, 0.3) is 0 Å². The smallest absolute Gasteiger partial charge is 0.264 e. The highest BCUT2D eigenvalue weighted by molar-refractivity contribution is 7.92. The van der Waals surface area contributed by atoms with Crippen molar-refractivity contribution in [1.82, 2.24) is 5.32 Å². The topological polar surface area (TPSA) is 75.7 Å². The zero-order valence-corrected chi connectivity index (χ0v) is 18.0. The Hall–Kier alpha value is -3.39. The number of methoxy groups -OCH3 is 1. The number of nitrogens with zero attached hydrogens (tertiary/aromatic N) is 1. The average molecular weight is 443 g/mol. The van der Waals surface area contributed by atoms with Crippen LogP contribution in [0.1, 0.15) is 11.1 Å². The summed E-state index contributed by atoms with van der Waals surface area (Å²) in [6, 6.07) is 18.5. The number of nitrogens with one attached hydrogen (secondary N) is 1. The highest BCUT2D eigenvalue weighted by Gasteiger charge is 2.27. The molecule has 8 heteroatoms. The number of benzene rings is 3. The van der Waals surface area contributed by atoms with Gasteiger partial charge >= 0.3 is 0 Å². The average Bonchev–Trinajstić information content (AvgIpc) is 2.77. The van der Waals surface area contributed by atoms with Crippen LogP contribution in [-0.2, 0) is 21.4 Å². The van der Waals surface area contributed by atoms with E-state index >= 15 is 0 Å². The van der Waals surface area contributed by atoms with Crippen molar-refractivity contribution in [3.63, 3.8) is 0 Å². The van der Waals surface area contributed by atoms with E-state index in [2.05, 4.69) is 5.32 Å². The van der Waals surface area contributed by atoms with Crippen LogP contribution in [-0.4, -0.2) is 28.0 Å². The lowest BCUT2D eigenvalue weighted by molar-refractivity contribution is -0.119. The zero-order chi connectivity index (χ0) is 22.4. The first kappa shape index (κ1) is 22.3. The molecular weight excluding hydrogens is 419 g/mol. The molecule has 1 amide bonds. The van der Waals surface area contributed by atoms with Gasteiger partial charge in [0.25, 0.3) is 10.0 Å². The standard InChI is InChI=1S/C23H23FN2O4S/c1-17-3-9-20(10-4-17)26(31(28,29)22-13-7-19(24)8-14-22)16-23(27)25-15-18-5-11-21(30-2)12-6-18/h3-14H,15-16H2,1-2H3,(H,25,27). The predicted octanol–water partition coefficient (Wildman–Crippen LogP) is 3.65. The van der Waals surface area contributed by atoms with Crippen molar-refractivity contribution >= 4 is 21.6 Å². The molecule has 0 aliphatic rings. The third-order valence-electron chi connectivity index (χ3n) is 4.66. The fraction of sp³-hybridized carbons (Fsp3) is 0.174. The van der Waals surface area contributed by atoms with Crippen molar-refractivity contribution in [2.45, 2.75) is 18.4 Å². The Balaban J connectivity index is 1.81. The number of hydrogen-bond donors (Lipinski definition) is 1. The van der Waals surface area contributed by atoms with Gasteiger partial charge in [0.2, 0.25) is 5.91 Å². The maximum atomic E-state index is 13.3. The number of carbonyl (C=O) groups is 1. The van der Waals surface area contributed by atoms with Gasteiger partial charge in [-0.1, -0.05) is 29.8 Å². The molecule has 0 spiro atoms. The third-order valence-corrected chi connectivity index (χ3v) is 6.45. The summed E-state index contributed by atoms with van der Waals surface area (Å²) in [7, 11) is -2.51. The van der Waals surface area contributed by atoms with Gasteiger partial charge in [-0.2, -0.15) is 0 Å². The van der Waals surface area contributed by atoms with Crippen LogP contribution in [0.4, 0.5) is 10.1 Å². The van der Waals surface area contributed by atoms with Gasteiger partial charge < -0.3 is 10.1 Å². The molecule has 0 aromatic heterocycles. The van der Waals surface area contributed by atoms with E-state index in [4.69, 9.17) is 4.74 Å². The van der Waals surface area contributed by atoms with Crippen molar-refractivity contribution in [3.05, 3.63) is 89.7 Å². The maximum Gasteiger partial charge on any atom is 0.264 e. The molecule has 0 radical (unpaired) electrons. The Morgan fingerprint density at radius 2 is 1.58 bits per heavy atom. The summed E-state index contributed by atoms with van der Waals surface area (Å²) in [6.07, 6.45) is 0. The summed E-state index contributed by atoms with van der Waals surface area (Å²) in [5.74, 6) is -0.314. The summed E-state index contributed by atoms with van der Waals surface area (Å²) in [6.45, 7) is 1.70. The molecule has 3 aromatic rings. The fourth-order valence-corrected chi connectivity index (χ4v) is 4.31. The highest BCUT2D eigenvalue weighted by atomic mass is 32.2. The van der Waals surface area contributed by atoms with Crippen LogP contribution >= 0.6 is 0 Å². The quantitative estimate of drug-likeness (QED) is 0.578.